The number of unbranched alkanes of at least 4 members (excludes halogenated alkanes) is 12. The fraction of sp³-hybridized carbons (Fsp3) is 0.542. The van der Waals surface area contributed by atoms with Crippen LogP contribution in [0.3, 0.4) is 0 Å². The largest absolute Gasteiger partial charge is 0.462 e. The van der Waals surface area contributed by atoms with Gasteiger partial charge < -0.3 is 14.2 Å². The van der Waals surface area contributed by atoms with Gasteiger partial charge in [-0.3, -0.25) is 14.4 Å². The Morgan fingerprint density at radius 1 is 0.338 bits per heavy atom. The molecule has 6 heteroatoms. The summed E-state index contributed by atoms with van der Waals surface area (Å²) in [5.74, 6) is -1.07. The van der Waals surface area contributed by atoms with Gasteiger partial charge in [0.15, 0.2) is 6.10 Å². The second-order valence-corrected chi connectivity index (χ2v) is 16.1. The number of hydrogen-bond acceptors (Lipinski definition) is 6. The van der Waals surface area contributed by atoms with Crippen LogP contribution in [0.25, 0.3) is 0 Å². The molecule has 0 aromatic heterocycles. The second kappa shape index (κ2) is 51.9. The third kappa shape index (κ3) is 50.2. The predicted octanol–water partition coefficient (Wildman–Crippen LogP) is 16.9. The van der Waals surface area contributed by atoms with E-state index in [1.165, 1.54) is 32.1 Å². The Hall–Kier alpha value is -4.71. The van der Waals surface area contributed by atoms with Crippen molar-refractivity contribution in [3.63, 3.8) is 0 Å². The maximum atomic E-state index is 12.8. The number of esters is 3. The van der Waals surface area contributed by atoms with Crippen LogP contribution in [-0.4, -0.2) is 37.2 Å². The van der Waals surface area contributed by atoms with E-state index >= 15 is 0 Å². The molecule has 1 atom stereocenters. The standard InChI is InChI=1S/C59H90O6/c1-4-7-10-13-16-19-22-25-27-29-31-32-34-37-40-43-46-49-52-58(61)64-55-56(54-63-57(60)51-48-45-42-39-36-24-21-18-15-12-9-6-3)65-59(62)53-50-47-44-41-38-35-33-30-28-26-23-20-17-14-11-8-5-2/h9-10,12-13,16-22,25-29,31-33,35-36,39,41,44,56H,4-8,11,14-15,23-24,30,34,37-38,40,42-43,45-55H2,1-3H3/b12-9-,13-10-,19-16-,20-17-,21-18-,25-22-,28-26-,29-27-,32-31-,35-33-,39-36-,44-41-. The van der Waals surface area contributed by atoms with E-state index in [1.54, 1.807) is 0 Å². The number of rotatable bonds is 43. The van der Waals surface area contributed by atoms with Gasteiger partial charge in [0.05, 0.1) is 0 Å². The highest BCUT2D eigenvalue weighted by Crippen LogP contribution is 2.11. The van der Waals surface area contributed by atoms with Crippen molar-refractivity contribution in [1.29, 1.82) is 0 Å². The van der Waals surface area contributed by atoms with Gasteiger partial charge >= 0.3 is 17.9 Å². The minimum atomic E-state index is -0.839. The smallest absolute Gasteiger partial charge is 0.306 e. The van der Waals surface area contributed by atoms with Crippen LogP contribution in [0.5, 0.6) is 0 Å². The summed E-state index contributed by atoms with van der Waals surface area (Å²) in [7, 11) is 0. The highest BCUT2D eigenvalue weighted by Gasteiger charge is 2.19. The first-order valence-electron chi connectivity index (χ1n) is 25.4. The molecule has 0 fully saturated rings. The molecule has 0 bridgehead atoms. The van der Waals surface area contributed by atoms with Crippen molar-refractivity contribution in [3.05, 3.63) is 146 Å². The van der Waals surface area contributed by atoms with E-state index < -0.39 is 12.1 Å². The minimum Gasteiger partial charge on any atom is -0.462 e. The lowest BCUT2D eigenvalue weighted by atomic mass is 10.1. The van der Waals surface area contributed by atoms with E-state index in [-0.39, 0.29) is 38.0 Å². The van der Waals surface area contributed by atoms with Crippen LogP contribution in [0.15, 0.2) is 146 Å². The summed E-state index contributed by atoms with van der Waals surface area (Å²) in [6, 6.07) is 0. The van der Waals surface area contributed by atoms with E-state index in [2.05, 4.69) is 130 Å². The predicted molar refractivity (Wildman–Crippen MR) is 279 cm³/mol. The van der Waals surface area contributed by atoms with Crippen LogP contribution in [-0.2, 0) is 28.6 Å². The highest BCUT2D eigenvalue weighted by atomic mass is 16.6. The van der Waals surface area contributed by atoms with Crippen molar-refractivity contribution in [2.24, 2.45) is 0 Å². The van der Waals surface area contributed by atoms with Gasteiger partial charge in [-0.2, -0.15) is 0 Å². The molecule has 6 nitrogen and oxygen atoms in total. The molecule has 0 spiro atoms. The van der Waals surface area contributed by atoms with E-state index in [1.807, 2.05) is 36.5 Å². The van der Waals surface area contributed by atoms with Crippen molar-refractivity contribution in [1.82, 2.24) is 0 Å². The summed E-state index contributed by atoms with van der Waals surface area (Å²) < 4.78 is 16.7. The Kier molecular flexibility index (Phi) is 48.2. The van der Waals surface area contributed by atoms with E-state index in [4.69, 9.17) is 14.2 Å². The molecule has 1 unspecified atom stereocenters. The van der Waals surface area contributed by atoms with Crippen LogP contribution in [0.1, 0.15) is 188 Å². The first-order valence-corrected chi connectivity index (χ1v) is 25.4. The molecule has 65 heavy (non-hydrogen) atoms. The third-order valence-corrected chi connectivity index (χ3v) is 9.91. The van der Waals surface area contributed by atoms with Gasteiger partial charge in [0, 0.05) is 19.3 Å². The fourth-order valence-corrected chi connectivity index (χ4v) is 6.12. The Morgan fingerprint density at radius 3 is 1.22 bits per heavy atom. The first kappa shape index (κ1) is 60.3. The number of ether oxygens (including phenoxy) is 3. The van der Waals surface area contributed by atoms with Crippen LogP contribution in [0.2, 0.25) is 0 Å². The molecule has 0 aliphatic carbocycles. The van der Waals surface area contributed by atoms with Gasteiger partial charge in [-0.25, -0.2) is 0 Å². The maximum absolute atomic E-state index is 12.8. The zero-order valence-corrected chi connectivity index (χ0v) is 41.2. The molecule has 0 aliphatic heterocycles. The summed E-state index contributed by atoms with van der Waals surface area (Å²) in [5.41, 5.74) is 0. The third-order valence-electron chi connectivity index (χ3n) is 9.91. The topological polar surface area (TPSA) is 78.9 Å². The highest BCUT2D eigenvalue weighted by molar-refractivity contribution is 5.71. The average Bonchev–Trinajstić information content (AvgIpc) is 3.30. The molecule has 0 aliphatic rings. The summed E-state index contributed by atoms with van der Waals surface area (Å²) in [5, 5.41) is 0. The lowest BCUT2D eigenvalue weighted by molar-refractivity contribution is -0.167. The van der Waals surface area contributed by atoms with E-state index in [9.17, 15) is 14.4 Å². The second-order valence-electron chi connectivity index (χ2n) is 16.1. The van der Waals surface area contributed by atoms with Crippen molar-refractivity contribution in [2.45, 2.75) is 194 Å². The molecular weight excluding hydrogens is 805 g/mol. The van der Waals surface area contributed by atoms with Gasteiger partial charge in [0.2, 0.25) is 0 Å². The maximum Gasteiger partial charge on any atom is 0.306 e. The monoisotopic (exact) mass is 895 g/mol. The van der Waals surface area contributed by atoms with Crippen LogP contribution >= 0.6 is 0 Å². The van der Waals surface area contributed by atoms with Crippen molar-refractivity contribution in [2.75, 3.05) is 13.2 Å². The van der Waals surface area contributed by atoms with Crippen LogP contribution in [0, 0.1) is 0 Å². The lowest BCUT2D eigenvalue weighted by Gasteiger charge is -2.18. The molecule has 0 rings (SSSR count). The summed E-state index contributed by atoms with van der Waals surface area (Å²) in [6.07, 6.45) is 74.0. The van der Waals surface area contributed by atoms with Crippen molar-refractivity contribution in [3.8, 4) is 0 Å². The molecule has 0 aromatic carbocycles. The minimum absolute atomic E-state index is 0.132. The molecule has 0 saturated heterocycles. The van der Waals surface area contributed by atoms with E-state index in [0.717, 1.165) is 103 Å². The number of allylic oxidation sites excluding steroid dienone is 24. The summed E-state index contributed by atoms with van der Waals surface area (Å²) in [6.45, 7) is 6.27. The molecule has 0 saturated carbocycles. The zero-order chi connectivity index (χ0) is 47.2. The summed E-state index contributed by atoms with van der Waals surface area (Å²) >= 11 is 0. The van der Waals surface area contributed by atoms with Crippen LogP contribution < -0.4 is 0 Å². The van der Waals surface area contributed by atoms with Crippen molar-refractivity contribution < 1.29 is 28.6 Å². The number of carbonyl (C=O) groups is 3. The first-order chi connectivity index (χ1) is 32.0. The Balaban J connectivity index is 4.61. The van der Waals surface area contributed by atoms with Crippen molar-refractivity contribution >= 4 is 17.9 Å². The molecule has 0 amide bonds. The molecule has 0 radical (unpaired) electrons. The molecule has 0 aromatic rings. The molecule has 0 N–H and O–H groups in total. The van der Waals surface area contributed by atoms with Gasteiger partial charge in [-0.1, -0.05) is 205 Å². The summed E-state index contributed by atoms with van der Waals surface area (Å²) in [4.78, 5) is 37.9. The molecular formula is C59H90O6. The Labute approximate surface area is 397 Å². The fourth-order valence-electron chi connectivity index (χ4n) is 6.12. The van der Waals surface area contributed by atoms with Gasteiger partial charge in [-0.05, 0) is 109 Å². The Morgan fingerprint density at radius 2 is 0.708 bits per heavy atom. The lowest BCUT2D eigenvalue weighted by Crippen LogP contribution is -2.30. The molecule has 362 valence electrons. The van der Waals surface area contributed by atoms with E-state index in [0.29, 0.717) is 19.3 Å². The average molecular weight is 895 g/mol. The van der Waals surface area contributed by atoms with Gasteiger partial charge in [0.1, 0.15) is 13.2 Å². The van der Waals surface area contributed by atoms with Crippen LogP contribution in [0.4, 0.5) is 0 Å². The number of carbonyl (C=O) groups excluding carboxylic acids is 3. The van der Waals surface area contributed by atoms with Gasteiger partial charge in [-0.15, -0.1) is 0 Å². The SMILES string of the molecule is CC/C=C\C/C=C\C/C=C\CCCCC(=O)OCC(COC(=O)CCCCCCC\C=C/C=C\C=C/C=C\C=C/CCC)OC(=O)CCC/C=C\C/C=C\C/C=C\C/C=C\CCCCC. The quantitative estimate of drug-likeness (QED) is 0.0199. The normalized spacial score (nSPS) is 13.3. The zero-order valence-electron chi connectivity index (χ0n) is 41.2. The van der Waals surface area contributed by atoms with Gasteiger partial charge in [0.25, 0.3) is 0 Å². The number of hydrogen-bond donors (Lipinski definition) is 0. The Bertz CT molecular complexity index is 1490. The molecule has 0 heterocycles.